The van der Waals surface area contributed by atoms with Crippen LogP contribution in [0.5, 0.6) is 0 Å². The molecule has 0 saturated carbocycles. The third-order valence-electron chi connectivity index (χ3n) is 2.86. The van der Waals surface area contributed by atoms with E-state index in [-0.39, 0.29) is 5.91 Å². The van der Waals surface area contributed by atoms with Crippen LogP contribution in [0.4, 0.5) is 5.13 Å². The van der Waals surface area contributed by atoms with Gasteiger partial charge in [0.05, 0.1) is 13.2 Å². The molecule has 0 aliphatic rings. The fraction of sp³-hybridized carbons (Fsp3) is 0.357. The van der Waals surface area contributed by atoms with Gasteiger partial charge in [0.1, 0.15) is 5.01 Å². The van der Waals surface area contributed by atoms with Crippen molar-refractivity contribution in [2.24, 2.45) is 0 Å². The molecule has 7 heteroatoms. The van der Waals surface area contributed by atoms with E-state index in [9.17, 15) is 4.79 Å². The van der Waals surface area contributed by atoms with Crippen molar-refractivity contribution >= 4 is 34.0 Å². The Morgan fingerprint density at radius 2 is 2.05 bits per heavy atom. The molecule has 0 spiro atoms. The van der Waals surface area contributed by atoms with Crippen molar-refractivity contribution in [2.45, 2.75) is 13.3 Å². The monoisotopic (exact) mass is 325 g/mol. The second-order valence-electron chi connectivity index (χ2n) is 4.29. The van der Waals surface area contributed by atoms with E-state index in [0.29, 0.717) is 29.7 Å². The number of halogens is 1. The standard InChI is InChI=1S/C14H16ClN3O2S/c1-3-12(19)18(8-9-20-2)14-17-16-13(21-14)10-4-6-11(15)7-5-10/h4-7H,3,8-9H2,1-2H3. The van der Waals surface area contributed by atoms with E-state index < -0.39 is 0 Å². The number of hydrogen-bond acceptors (Lipinski definition) is 5. The Bertz CT molecular complexity index is 601. The molecule has 0 N–H and O–H groups in total. The number of methoxy groups -OCH3 is 1. The Morgan fingerprint density at radius 1 is 1.33 bits per heavy atom. The van der Waals surface area contributed by atoms with Crippen molar-refractivity contribution in [3.63, 3.8) is 0 Å². The van der Waals surface area contributed by atoms with Gasteiger partial charge in [-0.15, -0.1) is 10.2 Å². The number of anilines is 1. The Kier molecular flexibility index (Phi) is 5.67. The van der Waals surface area contributed by atoms with Gasteiger partial charge in [0.15, 0.2) is 0 Å². The number of ether oxygens (including phenoxy) is 1. The number of amides is 1. The molecule has 112 valence electrons. The quantitative estimate of drug-likeness (QED) is 0.818. The number of rotatable bonds is 6. The van der Waals surface area contributed by atoms with E-state index in [1.807, 2.05) is 19.1 Å². The minimum atomic E-state index is 0.00542. The first-order valence-corrected chi connectivity index (χ1v) is 7.74. The van der Waals surface area contributed by atoms with Crippen LogP contribution in [0.25, 0.3) is 10.6 Å². The summed E-state index contributed by atoms with van der Waals surface area (Å²) in [6.45, 7) is 2.75. The zero-order valence-corrected chi connectivity index (χ0v) is 13.4. The van der Waals surface area contributed by atoms with Crippen molar-refractivity contribution in [1.82, 2.24) is 10.2 Å². The molecule has 0 radical (unpaired) electrons. The molecule has 0 atom stereocenters. The summed E-state index contributed by atoms with van der Waals surface area (Å²) in [5.74, 6) is 0.00542. The third-order valence-corrected chi connectivity index (χ3v) is 4.11. The molecule has 0 bridgehead atoms. The second kappa shape index (κ2) is 7.49. The topological polar surface area (TPSA) is 55.3 Å². The van der Waals surface area contributed by atoms with Gasteiger partial charge in [-0.1, -0.05) is 42.0 Å². The molecular weight excluding hydrogens is 310 g/mol. The molecule has 5 nitrogen and oxygen atoms in total. The predicted octanol–water partition coefficient (Wildman–Crippen LogP) is 3.25. The highest BCUT2D eigenvalue weighted by molar-refractivity contribution is 7.18. The van der Waals surface area contributed by atoms with Gasteiger partial charge in [0, 0.05) is 24.1 Å². The van der Waals surface area contributed by atoms with E-state index in [4.69, 9.17) is 16.3 Å². The summed E-state index contributed by atoms with van der Waals surface area (Å²) in [6.07, 6.45) is 0.416. The smallest absolute Gasteiger partial charge is 0.228 e. The van der Waals surface area contributed by atoms with Crippen molar-refractivity contribution in [1.29, 1.82) is 0 Å². The molecule has 2 aromatic rings. The Balaban J connectivity index is 2.23. The van der Waals surface area contributed by atoms with E-state index in [0.717, 1.165) is 10.6 Å². The largest absolute Gasteiger partial charge is 0.383 e. The first kappa shape index (κ1) is 15.9. The molecule has 1 aromatic carbocycles. The van der Waals surface area contributed by atoms with Crippen LogP contribution in [-0.2, 0) is 9.53 Å². The normalized spacial score (nSPS) is 10.6. The van der Waals surface area contributed by atoms with Gasteiger partial charge in [0.2, 0.25) is 11.0 Å². The van der Waals surface area contributed by atoms with Crippen LogP contribution in [0.15, 0.2) is 24.3 Å². The summed E-state index contributed by atoms with van der Waals surface area (Å²) in [7, 11) is 1.61. The van der Waals surface area contributed by atoms with Crippen LogP contribution in [-0.4, -0.2) is 36.4 Å². The number of nitrogens with zero attached hydrogens (tertiary/aromatic N) is 3. The summed E-state index contributed by atoms with van der Waals surface area (Å²) < 4.78 is 5.04. The molecule has 2 rings (SSSR count). The maximum atomic E-state index is 12.0. The Labute approximate surface area is 132 Å². The Hall–Kier alpha value is -1.50. The second-order valence-corrected chi connectivity index (χ2v) is 5.68. The lowest BCUT2D eigenvalue weighted by molar-refractivity contribution is -0.118. The van der Waals surface area contributed by atoms with Crippen LogP contribution in [0.1, 0.15) is 13.3 Å². The molecular formula is C14H16ClN3O2S. The Morgan fingerprint density at radius 3 is 2.67 bits per heavy atom. The average Bonchev–Trinajstić information content (AvgIpc) is 2.97. The van der Waals surface area contributed by atoms with Crippen molar-refractivity contribution < 1.29 is 9.53 Å². The molecule has 0 aliphatic heterocycles. The molecule has 21 heavy (non-hydrogen) atoms. The minimum absolute atomic E-state index is 0.00542. The summed E-state index contributed by atoms with van der Waals surface area (Å²) in [5.41, 5.74) is 0.929. The van der Waals surface area contributed by atoms with Crippen LogP contribution >= 0.6 is 22.9 Å². The lowest BCUT2D eigenvalue weighted by atomic mass is 10.2. The van der Waals surface area contributed by atoms with Crippen LogP contribution in [0, 0.1) is 0 Å². The zero-order valence-electron chi connectivity index (χ0n) is 11.9. The van der Waals surface area contributed by atoms with Gasteiger partial charge in [0.25, 0.3) is 0 Å². The fourth-order valence-electron chi connectivity index (χ4n) is 1.73. The van der Waals surface area contributed by atoms with Gasteiger partial charge in [-0.05, 0) is 12.1 Å². The van der Waals surface area contributed by atoms with Gasteiger partial charge < -0.3 is 4.74 Å². The summed E-state index contributed by atoms with van der Waals surface area (Å²) in [5, 5.41) is 10.3. The SMILES string of the molecule is CCC(=O)N(CCOC)c1nnc(-c2ccc(Cl)cc2)s1. The van der Waals surface area contributed by atoms with Gasteiger partial charge in [-0.3, -0.25) is 9.69 Å². The highest BCUT2D eigenvalue weighted by Gasteiger charge is 2.18. The molecule has 1 amide bonds. The highest BCUT2D eigenvalue weighted by Crippen LogP contribution is 2.29. The van der Waals surface area contributed by atoms with Crippen LogP contribution in [0.3, 0.4) is 0 Å². The number of benzene rings is 1. The van der Waals surface area contributed by atoms with Crippen molar-refractivity contribution in [3.05, 3.63) is 29.3 Å². The lowest BCUT2D eigenvalue weighted by Crippen LogP contribution is -2.33. The average molecular weight is 326 g/mol. The number of aromatic nitrogens is 2. The van der Waals surface area contributed by atoms with E-state index in [1.165, 1.54) is 11.3 Å². The van der Waals surface area contributed by atoms with E-state index in [1.54, 1.807) is 24.1 Å². The van der Waals surface area contributed by atoms with Crippen LogP contribution in [0.2, 0.25) is 5.02 Å². The number of carbonyl (C=O) groups is 1. The van der Waals surface area contributed by atoms with Gasteiger partial charge in [-0.25, -0.2) is 0 Å². The molecule has 0 unspecified atom stereocenters. The molecule has 0 aliphatic carbocycles. The minimum Gasteiger partial charge on any atom is -0.383 e. The number of carbonyl (C=O) groups excluding carboxylic acids is 1. The predicted molar refractivity (Wildman–Crippen MR) is 84.9 cm³/mol. The maximum Gasteiger partial charge on any atom is 0.228 e. The molecule has 1 aromatic heterocycles. The summed E-state index contributed by atoms with van der Waals surface area (Å²) in [6, 6.07) is 7.37. The highest BCUT2D eigenvalue weighted by atomic mass is 35.5. The van der Waals surface area contributed by atoms with Crippen molar-refractivity contribution in [3.8, 4) is 10.6 Å². The number of hydrogen-bond donors (Lipinski definition) is 0. The molecule has 0 fully saturated rings. The van der Waals surface area contributed by atoms with Crippen molar-refractivity contribution in [2.75, 3.05) is 25.2 Å². The maximum absolute atomic E-state index is 12.0. The van der Waals surface area contributed by atoms with E-state index in [2.05, 4.69) is 10.2 Å². The first-order chi connectivity index (χ1) is 10.2. The molecule has 1 heterocycles. The first-order valence-electron chi connectivity index (χ1n) is 6.54. The third kappa shape index (κ3) is 4.00. The summed E-state index contributed by atoms with van der Waals surface area (Å²) >= 11 is 7.25. The zero-order chi connectivity index (χ0) is 15.2. The summed E-state index contributed by atoms with van der Waals surface area (Å²) in [4.78, 5) is 13.6. The van der Waals surface area contributed by atoms with Crippen LogP contribution < -0.4 is 4.90 Å². The lowest BCUT2D eigenvalue weighted by Gasteiger charge is -2.17. The molecule has 0 saturated heterocycles. The van der Waals surface area contributed by atoms with Gasteiger partial charge >= 0.3 is 0 Å². The van der Waals surface area contributed by atoms with E-state index >= 15 is 0 Å². The fourth-order valence-corrected chi connectivity index (χ4v) is 2.75. The van der Waals surface area contributed by atoms with Gasteiger partial charge in [-0.2, -0.15) is 0 Å².